The van der Waals surface area contributed by atoms with Crippen molar-refractivity contribution in [2.24, 2.45) is 5.73 Å². The molecule has 0 unspecified atom stereocenters. The van der Waals surface area contributed by atoms with Gasteiger partial charge < -0.3 is 11.1 Å². The molecule has 2 aromatic heterocycles. The molecule has 5 rings (SSSR count). The van der Waals surface area contributed by atoms with E-state index < -0.39 is 5.91 Å². The van der Waals surface area contributed by atoms with Gasteiger partial charge in [0.15, 0.2) is 5.82 Å². The zero-order chi connectivity index (χ0) is 24.2. The number of carbonyl (C=O) groups is 2. The van der Waals surface area contributed by atoms with Crippen LogP contribution in [0.2, 0.25) is 0 Å². The van der Waals surface area contributed by atoms with E-state index in [2.05, 4.69) is 15.4 Å². The number of anilines is 1. The zero-order valence-electron chi connectivity index (χ0n) is 18.9. The van der Waals surface area contributed by atoms with E-state index in [9.17, 15) is 9.59 Å². The average molecular weight is 462 g/mol. The van der Waals surface area contributed by atoms with E-state index in [4.69, 9.17) is 5.73 Å². The van der Waals surface area contributed by atoms with Gasteiger partial charge >= 0.3 is 0 Å². The van der Waals surface area contributed by atoms with Crippen molar-refractivity contribution in [2.45, 2.75) is 13.0 Å². The van der Waals surface area contributed by atoms with Crippen LogP contribution in [0.1, 0.15) is 32.1 Å². The summed E-state index contributed by atoms with van der Waals surface area (Å²) in [5, 5.41) is 7.92. The van der Waals surface area contributed by atoms with Gasteiger partial charge in [-0.15, -0.1) is 5.10 Å². The number of nitrogens with one attached hydrogen (secondary N) is 1. The molecule has 0 aliphatic carbocycles. The van der Waals surface area contributed by atoms with Crippen molar-refractivity contribution < 1.29 is 9.59 Å². The highest BCUT2D eigenvalue weighted by atomic mass is 16.1. The minimum atomic E-state index is -0.507. The van der Waals surface area contributed by atoms with Crippen LogP contribution in [0.3, 0.4) is 0 Å². The van der Waals surface area contributed by atoms with Crippen LogP contribution in [0.5, 0.6) is 0 Å². The molecule has 0 saturated carbocycles. The molecule has 5 aromatic rings. The molecule has 1 amide bonds. The highest BCUT2D eigenvalue weighted by Gasteiger charge is 2.18. The molecule has 172 valence electrons. The van der Waals surface area contributed by atoms with Crippen molar-refractivity contribution in [1.29, 1.82) is 0 Å². The third-order valence-electron chi connectivity index (χ3n) is 5.75. The topological polar surface area (TPSA) is 102 Å². The smallest absolute Gasteiger partial charge is 0.248 e. The van der Waals surface area contributed by atoms with Gasteiger partial charge in [-0.05, 0) is 34.9 Å². The lowest BCUT2D eigenvalue weighted by atomic mass is 10.1. The van der Waals surface area contributed by atoms with E-state index >= 15 is 0 Å². The second-order valence-electron chi connectivity index (χ2n) is 8.17. The predicted molar refractivity (Wildman–Crippen MR) is 135 cm³/mol. The molecule has 0 saturated heterocycles. The van der Waals surface area contributed by atoms with Gasteiger partial charge in [0.05, 0.1) is 0 Å². The number of ketones is 1. The predicted octanol–water partition coefficient (Wildman–Crippen LogP) is 4.53. The Kier molecular flexibility index (Phi) is 6.05. The summed E-state index contributed by atoms with van der Waals surface area (Å²) in [4.78, 5) is 29.1. The summed E-state index contributed by atoms with van der Waals surface area (Å²) in [7, 11) is 0. The summed E-state index contributed by atoms with van der Waals surface area (Å²) in [5.74, 6) is -0.0357. The van der Waals surface area contributed by atoms with Crippen molar-refractivity contribution in [3.63, 3.8) is 0 Å². The molecule has 3 N–H and O–H groups in total. The lowest BCUT2D eigenvalue weighted by molar-refractivity contribution is 0.0979. The molecule has 3 aromatic carbocycles. The number of primary amides is 1. The Morgan fingerprint density at radius 2 is 1.51 bits per heavy atom. The van der Waals surface area contributed by atoms with E-state index in [-0.39, 0.29) is 18.0 Å². The molecule has 0 bridgehead atoms. The first-order chi connectivity index (χ1) is 17.1. The molecule has 7 heteroatoms. The summed E-state index contributed by atoms with van der Waals surface area (Å²) < 4.78 is 1.70. The number of nitrogens with two attached hydrogens (primary N) is 1. The van der Waals surface area contributed by atoms with E-state index in [1.54, 1.807) is 28.8 Å². The summed E-state index contributed by atoms with van der Waals surface area (Å²) in [5.41, 5.74) is 10.4. The molecule has 0 atom stereocenters. The molecule has 0 aliphatic rings. The second-order valence-corrected chi connectivity index (χ2v) is 8.17. The number of rotatable bonds is 8. The first-order valence-electron chi connectivity index (χ1n) is 11.2. The third kappa shape index (κ3) is 4.79. The minimum Gasteiger partial charge on any atom is -0.366 e. The van der Waals surface area contributed by atoms with E-state index in [1.807, 2.05) is 72.9 Å². The molecular formula is C28H23N5O2. The lowest BCUT2D eigenvalue weighted by Crippen LogP contribution is -2.15. The van der Waals surface area contributed by atoms with Crippen molar-refractivity contribution in [2.75, 3.05) is 5.32 Å². The summed E-state index contributed by atoms with van der Waals surface area (Å²) in [6, 6.07) is 28.6. The number of amides is 1. The van der Waals surface area contributed by atoms with Crippen LogP contribution in [-0.2, 0) is 13.0 Å². The quantitative estimate of drug-likeness (QED) is 0.331. The van der Waals surface area contributed by atoms with E-state index in [1.165, 1.54) is 0 Å². The van der Waals surface area contributed by atoms with Crippen LogP contribution < -0.4 is 11.1 Å². The van der Waals surface area contributed by atoms with Crippen molar-refractivity contribution in [1.82, 2.24) is 14.6 Å². The Bertz CT molecular complexity index is 1490. The van der Waals surface area contributed by atoms with Gasteiger partial charge in [0.1, 0.15) is 5.52 Å². The average Bonchev–Trinajstić information content (AvgIpc) is 3.33. The monoisotopic (exact) mass is 461 g/mol. The van der Waals surface area contributed by atoms with Gasteiger partial charge in [0.2, 0.25) is 17.5 Å². The number of nitrogens with zero attached hydrogens (tertiary/aromatic N) is 3. The minimum absolute atomic E-state index is 0.107. The Morgan fingerprint density at radius 3 is 2.20 bits per heavy atom. The van der Waals surface area contributed by atoms with Gasteiger partial charge in [-0.1, -0.05) is 72.8 Å². The molecule has 7 nitrogen and oxygen atoms in total. The van der Waals surface area contributed by atoms with Crippen LogP contribution >= 0.6 is 0 Å². The zero-order valence-corrected chi connectivity index (χ0v) is 18.9. The summed E-state index contributed by atoms with van der Waals surface area (Å²) in [6.45, 7) is 0.551. The molecule has 0 spiro atoms. The van der Waals surface area contributed by atoms with Crippen LogP contribution in [0, 0.1) is 0 Å². The molecule has 0 aliphatic heterocycles. The number of aromatic nitrogens is 3. The number of Topliss-reactive ketones (excluding diaryl/α,β-unsaturated/α-hetero) is 1. The van der Waals surface area contributed by atoms with E-state index in [0.717, 1.165) is 27.8 Å². The van der Waals surface area contributed by atoms with Crippen LogP contribution in [0.4, 0.5) is 5.82 Å². The Labute approximate surface area is 202 Å². The van der Waals surface area contributed by atoms with Crippen LogP contribution in [0.25, 0.3) is 16.6 Å². The number of hydrogen-bond donors (Lipinski definition) is 2. The standard InChI is InChI=1S/C28H23N5O2/c29-26(35)22-13-11-19(12-14-22)17-24(34)27-31-28(30-18-20-7-3-1-4-8-20)25-23(15-16-33(25)32-27)21-9-5-2-6-10-21/h1-16H,17-18H2,(H2,29,35)(H,30,31,32). The maximum Gasteiger partial charge on any atom is 0.248 e. The molecule has 35 heavy (non-hydrogen) atoms. The van der Waals surface area contributed by atoms with Crippen molar-refractivity contribution in [3.05, 3.63) is 120 Å². The van der Waals surface area contributed by atoms with Crippen molar-refractivity contribution >= 4 is 23.0 Å². The van der Waals surface area contributed by atoms with Crippen LogP contribution in [-0.4, -0.2) is 26.3 Å². The van der Waals surface area contributed by atoms with Gasteiger partial charge in [-0.2, -0.15) is 0 Å². The Balaban J connectivity index is 1.51. The lowest BCUT2D eigenvalue weighted by Gasteiger charge is -2.11. The fraction of sp³-hybridized carbons (Fsp3) is 0.0714. The fourth-order valence-electron chi connectivity index (χ4n) is 3.95. The maximum absolute atomic E-state index is 13.1. The summed E-state index contributed by atoms with van der Waals surface area (Å²) >= 11 is 0. The Hall–Kier alpha value is -4.78. The molecule has 2 heterocycles. The Morgan fingerprint density at radius 1 is 0.829 bits per heavy atom. The third-order valence-corrected chi connectivity index (χ3v) is 5.75. The first kappa shape index (κ1) is 22.0. The van der Waals surface area contributed by atoms with Gasteiger partial charge in [-0.3, -0.25) is 9.59 Å². The SMILES string of the molecule is NC(=O)c1ccc(CC(=O)c2nc(NCc3ccccc3)c3c(-c4ccccc4)ccn3n2)cc1. The highest BCUT2D eigenvalue weighted by Crippen LogP contribution is 2.30. The van der Waals surface area contributed by atoms with Crippen LogP contribution in [0.15, 0.2) is 97.2 Å². The second kappa shape index (κ2) is 9.61. The van der Waals surface area contributed by atoms with Crippen molar-refractivity contribution in [3.8, 4) is 11.1 Å². The number of fused-ring (bicyclic) bond motifs is 1. The molecular weight excluding hydrogens is 438 g/mol. The van der Waals surface area contributed by atoms with Gasteiger partial charge in [-0.25, -0.2) is 9.50 Å². The van der Waals surface area contributed by atoms with E-state index in [0.29, 0.717) is 17.9 Å². The highest BCUT2D eigenvalue weighted by molar-refractivity contribution is 5.96. The van der Waals surface area contributed by atoms with Gasteiger partial charge in [0, 0.05) is 30.3 Å². The molecule has 0 radical (unpaired) electrons. The number of carbonyl (C=O) groups excluding carboxylic acids is 2. The normalized spacial score (nSPS) is 10.9. The van der Waals surface area contributed by atoms with Gasteiger partial charge in [0.25, 0.3) is 0 Å². The fourth-order valence-corrected chi connectivity index (χ4v) is 3.95. The maximum atomic E-state index is 13.1. The first-order valence-corrected chi connectivity index (χ1v) is 11.2. The number of benzene rings is 3. The number of hydrogen-bond acceptors (Lipinski definition) is 5. The molecule has 0 fully saturated rings. The summed E-state index contributed by atoms with van der Waals surface area (Å²) in [6.07, 6.45) is 1.95. The largest absolute Gasteiger partial charge is 0.366 e.